The van der Waals surface area contributed by atoms with Gasteiger partial charge in [0.15, 0.2) is 0 Å². The van der Waals surface area contributed by atoms with Gasteiger partial charge in [-0.25, -0.2) is 0 Å². The van der Waals surface area contributed by atoms with E-state index in [2.05, 4.69) is 0 Å². The Balaban J connectivity index is 2.58. The monoisotopic (exact) mass is 195 g/mol. The number of nitrogens with zero attached hydrogens (tertiary/aromatic N) is 1. The number of rotatable bonds is 1. The van der Waals surface area contributed by atoms with Gasteiger partial charge in [0.1, 0.15) is 5.75 Å². The Kier molecular flexibility index (Phi) is 1.99. The molecule has 1 aromatic rings. The summed E-state index contributed by atoms with van der Waals surface area (Å²) in [6.07, 6.45) is 1.54. The number of aryl methyl sites for hydroxylation is 1. The molecule has 0 atom stereocenters. The van der Waals surface area contributed by atoms with Crippen LogP contribution in [0.15, 0.2) is 12.1 Å². The molecule has 1 aromatic carbocycles. The van der Waals surface area contributed by atoms with E-state index in [1.54, 1.807) is 0 Å². The third-order valence-corrected chi connectivity index (χ3v) is 2.16. The second-order valence-electron chi connectivity index (χ2n) is 3.16. The number of benzene rings is 1. The van der Waals surface area contributed by atoms with Crippen LogP contribution in [0, 0.1) is 10.1 Å². The molecule has 5 nitrogen and oxygen atoms in total. The number of fused-ring (bicyclic) bond motifs is 1. The summed E-state index contributed by atoms with van der Waals surface area (Å²) in [6.45, 7) is 0.499. The molecule has 0 aromatic heterocycles. The van der Waals surface area contributed by atoms with Crippen molar-refractivity contribution in [3.05, 3.63) is 27.8 Å². The summed E-state index contributed by atoms with van der Waals surface area (Å²) in [4.78, 5) is 10.1. The Morgan fingerprint density at radius 1 is 1.50 bits per heavy atom. The van der Waals surface area contributed by atoms with Crippen molar-refractivity contribution in [3.8, 4) is 11.5 Å². The van der Waals surface area contributed by atoms with Crippen LogP contribution in [0.4, 0.5) is 5.69 Å². The Morgan fingerprint density at radius 3 is 3.00 bits per heavy atom. The number of phenolic OH excluding ortho intramolecular Hbond substituents is 1. The molecule has 5 heteroatoms. The van der Waals surface area contributed by atoms with E-state index >= 15 is 0 Å². The minimum Gasteiger partial charge on any atom is -0.508 e. The molecule has 1 heterocycles. The molecular weight excluding hydrogens is 186 g/mol. The number of nitro benzene ring substituents is 1. The van der Waals surface area contributed by atoms with Gasteiger partial charge in [0.25, 0.3) is 0 Å². The van der Waals surface area contributed by atoms with E-state index in [0.29, 0.717) is 24.3 Å². The smallest absolute Gasteiger partial charge is 0.314 e. The number of nitro groups is 1. The lowest BCUT2D eigenvalue weighted by Crippen LogP contribution is -2.10. The fourth-order valence-corrected chi connectivity index (χ4v) is 1.58. The van der Waals surface area contributed by atoms with Gasteiger partial charge in [-0.2, -0.15) is 0 Å². The van der Waals surface area contributed by atoms with Crippen molar-refractivity contribution in [3.63, 3.8) is 0 Å². The minimum absolute atomic E-state index is 0.0825. The summed E-state index contributed by atoms with van der Waals surface area (Å²) in [5.74, 6) is 0.222. The number of ether oxygens (including phenoxy) is 1. The van der Waals surface area contributed by atoms with Crippen LogP contribution in [0.1, 0.15) is 12.0 Å². The number of hydrogen-bond acceptors (Lipinski definition) is 4. The molecule has 14 heavy (non-hydrogen) atoms. The molecule has 0 saturated carbocycles. The number of hydrogen-bond donors (Lipinski definition) is 1. The topological polar surface area (TPSA) is 72.6 Å². The first-order valence-electron chi connectivity index (χ1n) is 4.31. The van der Waals surface area contributed by atoms with Gasteiger partial charge >= 0.3 is 5.69 Å². The normalized spacial score (nSPS) is 14.3. The van der Waals surface area contributed by atoms with Gasteiger partial charge < -0.3 is 9.84 Å². The third-order valence-electron chi connectivity index (χ3n) is 2.16. The minimum atomic E-state index is -0.538. The molecule has 0 spiro atoms. The quantitative estimate of drug-likeness (QED) is 0.546. The summed E-state index contributed by atoms with van der Waals surface area (Å²) in [6, 6.07) is 2.63. The molecule has 0 saturated heterocycles. The molecule has 0 unspecified atom stereocenters. The van der Waals surface area contributed by atoms with E-state index in [4.69, 9.17) is 4.74 Å². The maximum Gasteiger partial charge on any atom is 0.314 e. The summed E-state index contributed by atoms with van der Waals surface area (Å²) in [5, 5.41) is 19.9. The van der Waals surface area contributed by atoms with Gasteiger partial charge in [-0.3, -0.25) is 10.1 Å². The Labute approximate surface area is 80.1 Å². The number of aromatic hydroxyl groups is 1. The highest BCUT2D eigenvalue weighted by molar-refractivity contribution is 5.56. The van der Waals surface area contributed by atoms with Gasteiger partial charge in [-0.15, -0.1) is 0 Å². The summed E-state index contributed by atoms with van der Waals surface area (Å²) < 4.78 is 5.22. The molecular formula is C9H9NO4. The lowest BCUT2D eigenvalue weighted by Gasteiger charge is -2.16. The highest BCUT2D eigenvalue weighted by atomic mass is 16.6. The average Bonchev–Trinajstić information content (AvgIpc) is 2.16. The third kappa shape index (κ3) is 1.37. The molecule has 0 fully saturated rings. The molecule has 74 valence electrons. The predicted molar refractivity (Wildman–Crippen MR) is 48.6 cm³/mol. The zero-order valence-electron chi connectivity index (χ0n) is 7.40. The second-order valence-corrected chi connectivity index (χ2v) is 3.16. The van der Waals surface area contributed by atoms with Gasteiger partial charge in [0.2, 0.25) is 5.75 Å². The van der Waals surface area contributed by atoms with Crippen molar-refractivity contribution in [2.45, 2.75) is 12.8 Å². The second kappa shape index (κ2) is 3.17. The van der Waals surface area contributed by atoms with Crippen LogP contribution in [-0.4, -0.2) is 16.6 Å². The largest absolute Gasteiger partial charge is 0.508 e. The summed E-state index contributed by atoms with van der Waals surface area (Å²) in [5.41, 5.74) is 0.558. The first-order chi connectivity index (χ1) is 6.68. The van der Waals surface area contributed by atoms with Crippen molar-refractivity contribution in [1.29, 1.82) is 0 Å². The van der Waals surface area contributed by atoms with Crippen molar-refractivity contribution >= 4 is 5.69 Å². The van der Waals surface area contributed by atoms with E-state index in [9.17, 15) is 15.2 Å². The summed E-state index contributed by atoms with van der Waals surface area (Å²) >= 11 is 0. The van der Waals surface area contributed by atoms with Crippen LogP contribution < -0.4 is 4.74 Å². The molecule has 1 aliphatic rings. The fraction of sp³-hybridized carbons (Fsp3) is 0.333. The average molecular weight is 195 g/mol. The zero-order chi connectivity index (χ0) is 10.1. The first kappa shape index (κ1) is 8.80. The maximum atomic E-state index is 10.6. The van der Waals surface area contributed by atoms with Crippen molar-refractivity contribution in [2.24, 2.45) is 0 Å². The SMILES string of the molecule is O=[N+]([O-])c1cc(O)cc2c1OCCC2. The van der Waals surface area contributed by atoms with Crippen LogP contribution in [0.2, 0.25) is 0 Å². The first-order valence-corrected chi connectivity index (χ1v) is 4.31. The summed E-state index contributed by atoms with van der Waals surface area (Å²) in [7, 11) is 0. The van der Waals surface area contributed by atoms with Gasteiger partial charge in [-0.05, 0) is 18.9 Å². The Bertz CT molecular complexity index is 389. The van der Waals surface area contributed by atoms with Gasteiger partial charge in [0, 0.05) is 5.56 Å². The molecule has 0 radical (unpaired) electrons. The maximum absolute atomic E-state index is 10.6. The zero-order valence-corrected chi connectivity index (χ0v) is 7.40. The fourth-order valence-electron chi connectivity index (χ4n) is 1.58. The molecule has 0 amide bonds. The molecule has 0 aliphatic carbocycles. The standard InChI is InChI=1S/C9H9NO4/c11-7-4-6-2-1-3-14-9(6)8(5-7)10(12)13/h4-5,11H,1-3H2. The van der Waals surface area contributed by atoms with E-state index < -0.39 is 4.92 Å². The van der Waals surface area contributed by atoms with Gasteiger partial charge in [-0.1, -0.05) is 0 Å². The van der Waals surface area contributed by atoms with E-state index in [1.807, 2.05) is 0 Å². The van der Waals surface area contributed by atoms with E-state index in [-0.39, 0.29) is 11.4 Å². The van der Waals surface area contributed by atoms with Crippen LogP contribution in [0.25, 0.3) is 0 Å². The van der Waals surface area contributed by atoms with E-state index in [1.165, 1.54) is 6.07 Å². The predicted octanol–water partition coefficient (Wildman–Crippen LogP) is 1.63. The Hall–Kier alpha value is -1.78. The molecule has 2 rings (SSSR count). The van der Waals surface area contributed by atoms with Crippen LogP contribution in [0.3, 0.4) is 0 Å². The lowest BCUT2D eigenvalue weighted by atomic mass is 10.0. The van der Waals surface area contributed by atoms with Crippen molar-refractivity contribution in [2.75, 3.05) is 6.61 Å². The van der Waals surface area contributed by atoms with Crippen LogP contribution in [0.5, 0.6) is 11.5 Å². The lowest BCUT2D eigenvalue weighted by molar-refractivity contribution is -0.386. The highest BCUT2D eigenvalue weighted by Gasteiger charge is 2.23. The van der Waals surface area contributed by atoms with Crippen LogP contribution in [-0.2, 0) is 6.42 Å². The highest BCUT2D eigenvalue weighted by Crippen LogP contribution is 2.37. The molecule has 0 bridgehead atoms. The van der Waals surface area contributed by atoms with Crippen molar-refractivity contribution in [1.82, 2.24) is 0 Å². The Morgan fingerprint density at radius 2 is 2.29 bits per heavy atom. The van der Waals surface area contributed by atoms with E-state index in [0.717, 1.165) is 12.5 Å². The van der Waals surface area contributed by atoms with Crippen LogP contribution >= 0.6 is 0 Å². The molecule has 1 N–H and O–H groups in total. The number of phenols is 1. The van der Waals surface area contributed by atoms with Gasteiger partial charge in [0.05, 0.1) is 17.6 Å². The van der Waals surface area contributed by atoms with Crippen molar-refractivity contribution < 1.29 is 14.8 Å². The molecule has 1 aliphatic heterocycles.